The minimum absolute atomic E-state index is 0.118. The minimum Gasteiger partial charge on any atom is -0.338 e. The molecule has 0 fully saturated rings. The highest BCUT2D eigenvalue weighted by Gasteiger charge is 2.32. The molecule has 0 spiro atoms. The van der Waals surface area contributed by atoms with Gasteiger partial charge in [-0.25, -0.2) is 9.97 Å². The fourth-order valence-electron chi connectivity index (χ4n) is 1.80. The number of alkyl halides is 3. The first-order valence-electron chi connectivity index (χ1n) is 6.14. The number of nitrogens with zero attached hydrogens (tertiary/aromatic N) is 2. The van der Waals surface area contributed by atoms with Gasteiger partial charge in [-0.05, 0) is 38.5 Å². The van der Waals surface area contributed by atoms with Gasteiger partial charge in [-0.3, -0.25) is 0 Å². The third-order valence-corrected chi connectivity index (χ3v) is 3.33. The molecule has 1 heterocycles. The number of benzene rings is 1. The summed E-state index contributed by atoms with van der Waals surface area (Å²) in [5, 5.41) is 2.89. The maximum atomic E-state index is 12.9. The molecule has 112 valence electrons. The van der Waals surface area contributed by atoms with Crippen LogP contribution in [0.3, 0.4) is 0 Å². The van der Waals surface area contributed by atoms with Crippen LogP contribution in [0.1, 0.15) is 22.5 Å². The molecule has 1 aromatic carbocycles. The lowest BCUT2D eigenvalue weighted by Crippen LogP contribution is -2.08. The van der Waals surface area contributed by atoms with Crippen LogP contribution in [0.25, 0.3) is 0 Å². The van der Waals surface area contributed by atoms with Crippen LogP contribution in [0, 0.1) is 20.8 Å². The molecule has 0 amide bonds. The van der Waals surface area contributed by atoms with E-state index in [0.29, 0.717) is 11.4 Å². The SMILES string of the molecule is Cc1ccc(Nc2nc(C)c(C)nc2Cl)cc1C(F)(F)F. The first kappa shape index (κ1) is 15.6. The maximum Gasteiger partial charge on any atom is 0.416 e. The summed E-state index contributed by atoms with van der Waals surface area (Å²) in [7, 11) is 0. The molecular formula is C14H13ClF3N3. The van der Waals surface area contributed by atoms with Crippen molar-refractivity contribution in [2.75, 3.05) is 5.32 Å². The highest BCUT2D eigenvalue weighted by molar-refractivity contribution is 6.31. The number of anilines is 2. The van der Waals surface area contributed by atoms with Crippen molar-refractivity contribution in [3.8, 4) is 0 Å². The Hall–Kier alpha value is -1.82. The first-order chi connectivity index (χ1) is 9.68. The van der Waals surface area contributed by atoms with Gasteiger partial charge < -0.3 is 5.32 Å². The molecule has 0 atom stereocenters. The molecule has 2 aromatic rings. The Bertz CT molecular complexity index is 684. The van der Waals surface area contributed by atoms with E-state index in [0.717, 1.165) is 6.07 Å². The van der Waals surface area contributed by atoms with Crippen molar-refractivity contribution in [3.05, 3.63) is 45.9 Å². The molecule has 0 bridgehead atoms. The number of hydrogen-bond donors (Lipinski definition) is 1. The molecule has 2 rings (SSSR count). The Labute approximate surface area is 125 Å². The van der Waals surface area contributed by atoms with E-state index in [1.165, 1.54) is 19.1 Å². The lowest BCUT2D eigenvalue weighted by Gasteiger charge is -2.14. The van der Waals surface area contributed by atoms with Gasteiger partial charge in [0.25, 0.3) is 0 Å². The Kier molecular flexibility index (Phi) is 4.09. The summed E-state index contributed by atoms with van der Waals surface area (Å²) in [5.41, 5.74) is 1.05. The number of halogens is 4. The van der Waals surface area contributed by atoms with Crippen molar-refractivity contribution in [2.45, 2.75) is 26.9 Å². The molecule has 21 heavy (non-hydrogen) atoms. The molecule has 0 unspecified atom stereocenters. The first-order valence-corrected chi connectivity index (χ1v) is 6.52. The van der Waals surface area contributed by atoms with E-state index in [-0.39, 0.29) is 22.2 Å². The summed E-state index contributed by atoms with van der Waals surface area (Å²) >= 11 is 5.95. The van der Waals surface area contributed by atoms with E-state index in [2.05, 4.69) is 15.3 Å². The second kappa shape index (κ2) is 5.52. The van der Waals surface area contributed by atoms with Crippen LogP contribution in [-0.4, -0.2) is 9.97 Å². The largest absolute Gasteiger partial charge is 0.416 e. The van der Waals surface area contributed by atoms with E-state index in [9.17, 15) is 13.2 Å². The average Bonchev–Trinajstić information content (AvgIpc) is 2.37. The maximum absolute atomic E-state index is 12.9. The fourth-order valence-corrected chi connectivity index (χ4v) is 2.01. The molecule has 3 nitrogen and oxygen atoms in total. The summed E-state index contributed by atoms with van der Waals surface area (Å²) in [6, 6.07) is 3.97. The van der Waals surface area contributed by atoms with E-state index in [4.69, 9.17) is 11.6 Å². The Balaban J connectivity index is 2.39. The molecule has 0 saturated heterocycles. The van der Waals surface area contributed by atoms with Gasteiger partial charge in [0.15, 0.2) is 11.0 Å². The van der Waals surface area contributed by atoms with E-state index >= 15 is 0 Å². The molecule has 7 heteroatoms. The summed E-state index contributed by atoms with van der Waals surface area (Å²) in [6.45, 7) is 4.92. The van der Waals surface area contributed by atoms with E-state index in [1.54, 1.807) is 13.8 Å². The van der Waals surface area contributed by atoms with E-state index < -0.39 is 11.7 Å². The Morgan fingerprint density at radius 1 is 1.05 bits per heavy atom. The number of hydrogen-bond acceptors (Lipinski definition) is 3. The Morgan fingerprint density at radius 3 is 2.29 bits per heavy atom. The van der Waals surface area contributed by atoms with Gasteiger partial charge in [-0.2, -0.15) is 13.2 Å². The summed E-state index contributed by atoms with van der Waals surface area (Å²) in [4.78, 5) is 8.27. The third kappa shape index (κ3) is 3.44. The van der Waals surface area contributed by atoms with Gasteiger partial charge >= 0.3 is 6.18 Å². The molecule has 0 aliphatic carbocycles. The minimum atomic E-state index is -4.40. The smallest absolute Gasteiger partial charge is 0.338 e. The quantitative estimate of drug-likeness (QED) is 0.863. The van der Waals surface area contributed by atoms with Crippen LogP contribution >= 0.6 is 11.6 Å². The van der Waals surface area contributed by atoms with Crippen molar-refractivity contribution >= 4 is 23.1 Å². The van der Waals surface area contributed by atoms with Gasteiger partial charge in [0.2, 0.25) is 0 Å². The zero-order chi connectivity index (χ0) is 15.8. The van der Waals surface area contributed by atoms with Crippen LogP contribution in [0.2, 0.25) is 5.15 Å². The second-order valence-corrected chi connectivity index (χ2v) is 5.04. The molecule has 0 radical (unpaired) electrons. The van der Waals surface area contributed by atoms with Crippen LogP contribution in [0.4, 0.5) is 24.7 Å². The standard InChI is InChI=1S/C14H13ClF3N3/c1-7-4-5-10(6-11(7)14(16,17)18)21-13-12(15)19-8(2)9(3)20-13/h4-6H,1-3H3,(H,20,21). The zero-order valence-electron chi connectivity index (χ0n) is 11.6. The van der Waals surface area contributed by atoms with Gasteiger partial charge in [-0.1, -0.05) is 17.7 Å². The van der Waals surface area contributed by atoms with Crippen LogP contribution in [-0.2, 0) is 6.18 Å². The van der Waals surface area contributed by atoms with Gasteiger partial charge in [-0.15, -0.1) is 0 Å². The highest BCUT2D eigenvalue weighted by atomic mass is 35.5. The van der Waals surface area contributed by atoms with Crippen LogP contribution in [0.5, 0.6) is 0 Å². The molecule has 0 saturated carbocycles. The predicted molar refractivity (Wildman–Crippen MR) is 76.0 cm³/mol. The van der Waals surface area contributed by atoms with Crippen molar-refractivity contribution in [1.82, 2.24) is 9.97 Å². The molecule has 0 aliphatic rings. The zero-order valence-corrected chi connectivity index (χ0v) is 12.4. The summed E-state index contributed by atoms with van der Waals surface area (Å²) in [5.74, 6) is 0.233. The molecule has 0 aliphatic heterocycles. The lowest BCUT2D eigenvalue weighted by atomic mass is 10.1. The van der Waals surface area contributed by atoms with Crippen LogP contribution < -0.4 is 5.32 Å². The van der Waals surface area contributed by atoms with Crippen molar-refractivity contribution in [1.29, 1.82) is 0 Å². The topological polar surface area (TPSA) is 37.8 Å². The van der Waals surface area contributed by atoms with Crippen molar-refractivity contribution in [3.63, 3.8) is 0 Å². The highest BCUT2D eigenvalue weighted by Crippen LogP contribution is 2.34. The predicted octanol–water partition coefficient (Wildman–Crippen LogP) is 4.82. The third-order valence-electron chi connectivity index (χ3n) is 3.07. The Morgan fingerprint density at radius 2 is 1.67 bits per heavy atom. The van der Waals surface area contributed by atoms with Gasteiger partial charge in [0, 0.05) is 5.69 Å². The number of rotatable bonds is 2. The molecule has 1 aromatic heterocycles. The molecular weight excluding hydrogens is 303 g/mol. The van der Waals surface area contributed by atoms with Crippen LogP contribution in [0.15, 0.2) is 18.2 Å². The fraction of sp³-hybridized carbons (Fsp3) is 0.286. The lowest BCUT2D eigenvalue weighted by molar-refractivity contribution is -0.138. The van der Waals surface area contributed by atoms with Crippen molar-refractivity contribution in [2.24, 2.45) is 0 Å². The van der Waals surface area contributed by atoms with Gasteiger partial charge in [0.05, 0.1) is 17.0 Å². The molecule has 1 N–H and O–H groups in total. The van der Waals surface area contributed by atoms with Crippen molar-refractivity contribution < 1.29 is 13.2 Å². The second-order valence-electron chi connectivity index (χ2n) is 4.69. The normalized spacial score (nSPS) is 11.6. The average molecular weight is 316 g/mol. The monoisotopic (exact) mass is 315 g/mol. The van der Waals surface area contributed by atoms with E-state index in [1.807, 2.05) is 0 Å². The summed E-state index contributed by atoms with van der Waals surface area (Å²) < 4.78 is 38.6. The number of nitrogens with one attached hydrogen (secondary N) is 1. The van der Waals surface area contributed by atoms with Gasteiger partial charge in [0.1, 0.15) is 0 Å². The number of aromatic nitrogens is 2. The summed E-state index contributed by atoms with van der Waals surface area (Å²) in [6.07, 6.45) is -4.40. The number of aryl methyl sites for hydroxylation is 3.